The molecule has 2 amide bonds. The van der Waals surface area contributed by atoms with Crippen LogP contribution in [-0.4, -0.2) is 63.2 Å². The van der Waals surface area contributed by atoms with E-state index in [0.29, 0.717) is 6.54 Å². The van der Waals surface area contributed by atoms with Gasteiger partial charge in [-0.3, -0.25) is 4.90 Å². The molecular weight excluding hydrogens is 348 g/mol. The van der Waals surface area contributed by atoms with Crippen molar-refractivity contribution in [2.24, 2.45) is 0 Å². The van der Waals surface area contributed by atoms with E-state index in [1.54, 1.807) is 25.7 Å². The van der Waals surface area contributed by atoms with Gasteiger partial charge in [-0.2, -0.15) is 0 Å². The van der Waals surface area contributed by atoms with Crippen molar-refractivity contribution in [3.63, 3.8) is 0 Å². The predicted molar refractivity (Wildman–Crippen MR) is 103 cm³/mol. The number of carbonyl (C=O) groups excluding carboxylic acids is 2. The van der Waals surface area contributed by atoms with Gasteiger partial charge in [0.1, 0.15) is 11.7 Å². The number of hydrogen-bond acceptors (Lipinski definition) is 6. The van der Waals surface area contributed by atoms with Crippen LogP contribution in [0.25, 0.3) is 0 Å². The van der Waals surface area contributed by atoms with Crippen LogP contribution in [0.4, 0.5) is 21.0 Å². The molecule has 1 atom stereocenters. The van der Waals surface area contributed by atoms with Gasteiger partial charge in [0.25, 0.3) is 0 Å². The quantitative estimate of drug-likeness (QED) is 0.836. The molecule has 3 rings (SSSR count). The van der Waals surface area contributed by atoms with Crippen LogP contribution in [-0.2, 0) is 9.47 Å². The molecule has 2 saturated heterocycles. The molecule has 0 aromatic heterocycles. The minimum absolute atomic E-state index is 0.218. The lowest BCUT2D eigenvalue weighted by Gasteiger charge is -2.29. The van der Waals surface area contributed by atoms with Crippen LogP contribution in [0.15, 0.2) is 24.3 Å². The standard InChI is InChI=1S/C19H28N4O4/c1-19(2,3)27-17(24)21-12-16-13-23(18(25)26-16)15-6-4-14(5-7-15)22-10-8-20-9-11-22/h4-7,16,20H,8-13H2,1-3H3,(H,21,24). The van der Waals surface area contributed by atoms with Crippen LogP contribution in [0.2, 0.25) is 0 Å². The van der Waals surface area contributed by atoms with E-state index in [4.69, 9.17) is 9.47 Å². The lowest BCUT2D eigenvalue weighted by molar-refractivity contribution is 0.0496. The smallest absolute Gasteiger partial charge is 0.414 e. The summed E-state index contributed by atoms with van der Waals surface area (Å²) in [6.07, 6.45) is -1.32. The average Bonchev–Trinajstić information content (AvgIpc) is 3.00. The van der Waals surface area contributed by atoms with Gasteiger partial charge in [0, 0.05) is 37.6 Å². The first-order valence-corrected chi connectivity index (χ1v) is 9.32. The first-order valence-electron chi connectivity index (χ1n) is 9.32. The Morgan fingerprint density at radius 2 is 1.85 bits per heavy atom. The summed E-state index contributed by atoms with van der Waals surface area (Å²) in [6, 6.07) is 7.92. The van der Waals surface area contributed by atoms with Gasteiger partial charge in [-0.15, -0.1) is 0 Å². The van der Waals surface area contributed by atoms with E-state index in [9.17, 15) is 9.59 Å². The fourth-order valence-corrected chi connectivity index (χ4v) is 3.12. The minimum atomic E-state index is -0.561. The van der Waals surface area contributed by atoms with E-state index in [1.807, 2.05) is 24.3 Å². The monoisotopic (exact) mass is 376 g/mol. The lowest BCUT2D eigenvalue weighted by atomic mass is 10.2. The highest BCUT2D eigenvalue weighted by molar-refractivity contribution is 5.90. The second-order valence-corrected chi connectivity index (χ2v) is 7.75. The van der Waals surface area contributed by atoms with Crippen LogP contribution in [0.1, 0.15) is 20.8 Å². The zero-order valence-electron chi connectivity index (χ0n) is 16.2. The molecule has 1 aromatic rings. The highest BCUT2D eigenvalue weighted by atomic mass is 16.6. The van der Waals surface area contributed by atoms with Crippen LogP contribution in [0, 0.1) is 0 Å². The van der Waals surface area contributed by atoms with Crippen molar-refractivity contribution in [1.82, 2.24) is 10.6 Å². The molecule has 2 fully saturated rings. The maximum Gasteiger partial charge on any atom is 0.414 e. The molecule has 148 valence electrons. The summed E-state index contributed by atoms with van der Waals surface area (Å²) >= 11 is 0. The Bertz CT molecular complexity index is 665. The van der Waals surface area contributed by atoms with E-state index in [2.05, 4.69) is 15.5 Å². The van der Waals surface area contributed by atoms with E-state index in [-0.39, 0.29) is 6.54 Å². The van der Waals surface area contributed by atoms with Crippen molar-refractivity contribution in [3.8, 4) is 0 Å². The van der Waals surface area contributed by atoms with Crippen LogP contribution in [0.5, 0.6) is 0 Å². The van der Waals surface area contributed by atoms with Crippen molar-refractivity contribution in [2.75, 3.05) is 49.1 Å². The van der Waals surface area contributed by atoms with E-state index in [0.717, 1.165) is 37.6 Å². The summed E-state index contributed by atoms with van der Waals surface area (Å²) in [7, 11) is 0. The average molecular weight is 376 g/mol. The minimum Gasteiger partial charge on any atom is -0.444 e. The molecule has 0 bridgehead atoms. The van der Waals surface area contributed by atoms with Crippen LogP contribution >= 0.6 is 0 Å². The first-order chi connectivity index (χ1) is 12.8. The Balaban J connectivity index is 1.53. The van der Waals surface area contributed by atoms with Gasteiger partial charge < -0.3 is 25.0 Å². The molecule has 0 radical (unpaired) electrons. The number of piperazine rings is 1. The third kappa shape index (κ3) is 5.26. The van der Waals surface area contributed by atoms with Crippen molar-refractivity contribution in [1.29, 1.82) is 0 Å². The molecular formula is C19H28N4O4. The number of benzene rings is 1. The number of rotatable bonds is 4. The summed E-state index contributed by atoms with van der Waals surface area (Å²) in [4.78, 5) is 27.8. The van der Waals surface area contributed by atoms with Crippen molar-refractivity contribution in [2.45, 2.75) is 32.5 Å². The normalized spacial score (nSPS) is 20.4. The van der Waals surface area contributed by atoms with Gasteiger partial charge in [-0.1, -0.05) is 0 Å². The maximum absolute atomic E-state index is 12.2. The number of cyclic esters (lactones) is 1. The lowest BCUT2D eigenvalue weighted by Crippen LogP contribution is -2.43. The molecule has 0 aliphatic carbocycles. The molecule has 2 N–H and O–H groups in total. The number of amides is 2. The Morgan fingerprint density at radius 3 is 2.48 bits per heavy atom. The molecule has 0 spiro atoms. The molecule has 8 nitrogen and oxygen atoms in total. The fourth-order valence-electron chi connectivity index (χ4n) is 3.12. The molecule has 1 aromatic carbocycles. The number of ether oxygens (including phenoxy) is 2. The Labute approximate surface area is 159 Å². The van der Waals surface area contributed by atoms with Crippen molar-refractivity contribution < 1.29 is 19.1 Å². The molecule has 2 aliphatic rings. The van der Waals surface area contributed by atoms with Gasteiger partial charge in [-0.25, -0.2) is 9.59 Å². The molecule has 27 heavy (non-hydrogen) atoms. The van der Waals surface area contributed by atoms with E-state index < -0.39 is 23.9 Å². The summed E-state index contributed by atoms with van der Waals surface area (Å²) in [5.74, 6) is 0. The van der Waals surface area contributed by atoms with E-state index >= 15 is 0 Å². The SMILES string of the molecule is CC(C)(C)OC(=O)NCC1CN(c2ccc(N3CCNCC3)cc2)C(=O)O1. The molecule has 2 heterocycles. The fraction of sp³-hybridized carbons (Fsp3) is 0.579. The third-order valence-corrected chi connectivity index (χ3v) is 4.39. The summed E-state index contributed by atoms with van der Waals surface area (Å²) in [6.45, 7) is 9.92. The van der Waals surface area contributed by atoms with Gasteiger partial charge >= 0.3 is 12.2 Å². The van der Waals surface area contributed by atoms with Gasteiger partial charge in [0.05, 0.1) is 13.1 Å². The maximum atomic E-state index is 12.2. The van der Waals surface area contributed by atoms with Gasteiger partial charge in [-0.05, 0) is 45.0 Å². The van der Waals surface area contributed by atoms with Crippen molar-refractivity contribution >= 4 is 23.6 Å². The summed E-state index contributed by atoms with van der Waals surface area (Å²) in [5.41, 5.74) is 1.38. The molecule has 0 saturated carbocycles. The number of anilines is 2. The Morgan fingerprint density at radius 1 is 1.22 bits per heavy atom. The first kappa shape index (κ1) is 19.3. The molecule has 2 aliphatic heterocycles. The number of hydrogen-bond donors (Lipinski definition) is 2. The second-order valence-electron chi connectivity index (χ2n) is 7.75. The highest BCUT2D eigenvalue weighted by Crippen LogP contribution is 2.25. The van der Waals surface area contributed by atoms with Crippen LogP contribution < -0.4 is 20.4 Å². The number of carbonyl (C=O) groups is 2. The second kappa shape index (κ2) is 8.04. The van der Waals surface area contributed by atoms with Gasteiger partial charge in [0.2, 0.25) is 0 Å². The summed E-state index contributed by atoms with van der Waals surface area (Å²) in [5, 5.41) is 5.98. The largest absolute Gasteiger partial charge is 0.444 e. The molecule has 1 unspecified atom stereocenters. The van der Waals surface area contributed by atoms with Gasteiger partial charge in [0.15, 0.2) is 0 Å². The Hall–Kier alpha value is -2.48. The number of nitrogens with one attached hydrogen (secondary N) is 2. The summed E-state index contributed by atoms with van der Waals surface area (Å²) < 4.78 is 10.5. The zero-order chi connectivity index (χ0) is 19.4. The Kier molecular flexibility index (Phi) is 5.74. The highest BCUT2D eigenvalue weighted by Gasteiger charge is 2.33. The number of alkyl carbamates (subject to hydrolysis) is 1. The molecule has 8 heteroatoms. The zero-order valence-corrected chi connectivity index (χ0v) is 16.2. The van der Waals surface area contributed by atoms with Crippen molar-refractivity contribution in [3.05, 3.63) is 24.3 Å². The van der Waals surface area contributed by atoms with E-state index in [1.165, 1.54) is 0 Å². The predicted octanol–water partition coefficient (Wildman–Crippen LogP) is 1.95. The third-order valence-electron chi connectivity index (χ3n) is 4.39. The number of nitrogens with zero attached hydrogens (tertiary/aromatic N) is 2. The van der Waals surface area contributed by atoms with Crippen LogP contribution in [0.3, 0.4) is 0 Å². The topological polar surface area (TPSA) is 83.1 Å².